The molecule has 3 amide bonds. The number of hydrogen-bond donors (Lipinski definition) is 4. The van der Waals surface area contributed by atoms with Gasteiger partial charge in [0.25, 0.3) is 5.91 Å². The molecular formula is C20H21N5O6S. The third-order valence-electron chi connectivity index (χ3n) is 4.17. The van der Waals surface area contributed by atoms with Crippen LogP contribution in [0.4, 0.5) is 15.6 Å². The van der Waals surface area contributed by atoms with E-state index in [2.05, 4.69) is 20.8 Å². The molecule has 3 rings (SSSR count). The first kappa shape index (κ1) is 22.9. The van der Waals surface area contributed by atoms with Crippen molar-refractivity contribution in [1.29, 1.82) is 0 Å². The molecule has 0 fully saturated rings. The van der Waals surface area contributed by atoms with Gasteiger partial charge in [-0.25, -0.2) is 15.3 Å². The summed E-state index contributed by atoms with van der Waals surface area (Å²) in [5.41, 5.74) is 3.58. The second-order valence-electron chi connectivity index (χ2n) is 6.48. The predicted molar refractivity (Wildman–Crippen MR) is 116 cm³/mol. The molecule has 11 nitrogen and oxygen atoms in total. The zero-order valence-electron chi connectivity index (χ0n) is 17.1. The number of nitrogens with one attached hydrogen (secondary N) is 3. The summed E-state index contributed by atoms with van der Waals surface area (Å²) in [4.78, 5) is 39.3. The number of aromatic nitrogens is 2. The van der Waals surface area contributed by atoms with Gasteiger partial charge < -0.3 is 14.6 Å². The van der Waals surface area contributed by atoms with Crippen molar-refractivity contribution in [2.75, 3.05) is 17.2 Å². The first-order chi connectivity index (χ1) is 15.5. The topological polar surface area (TPSA) is 156 Å². The Hall–Kier alpha value is -3.77. The van der Waals surface area contributed by atoms with Crippen molar-refractivity contribution in [2.45, 2.75) is 26.2 Å². The van der Waals surface area contributed by atoms with E-state index in [1.165, 1.54) is 22.9 Å². The highest BCUT2D eigenvalue weighted by Crippen LogP contribution is 2.26. The fourth-order valence-electron chi connectivity index (χ4n) is 2.67. The number of carbonyl (C=O) groups excluding carboxylic acids is 3. The van der Waals surface area contributed by atoms with Crippen LogP contribution in [0.2, 0.25) is 0 Å². The van der Waals surface area contributed by atoms with Gasteiger partial charge in [0.1, 0.15) is 5.76 Å². The summed E-state index contributed by atoms with van der Waals surface area (Å²) < 4.78 is 9.82. The number of thiazole rings is 1. The van der Waals surface area contributed by atoms with Crippen LogP contribution in [0.25, 0.3) is 11.3 Å². The maximum absolute atomic E-state index is 12.2. The van der Waals surface area contributed by atoms with Crippen LogP contribution in [-0.4, -0.2) is 39.9 Å². The molecule has 0 spiro atoms. The number of rotatable bonds is 9. The van der Waals surface area contributed by atoms with Gasteiger partial charge in [-0.3, -0.25) is 20.1 Å². The summed E-state index contributed by atoms with van der Waals surface area (Å²) in [6, 6.07) is 8.51. The number of aryl methyl sites for hydroxylation is 1. The lowest BCUT2D eigenvalue weighted by molar-refractivity contribution is -0.116. The first-order valence-electron chi connectivity index (χ1n) is 9.68. The zero-order valence-corrected chi connectivity index (χ0v) is 17.9. The number of benzene rings is 1. The summed E-state index contributed by atoms with van der Waals surface area (Å²) in [6.07, 6.45) is 0.604. The molecule has 0 aliphatic heterocycles. The Bertz CT molecular complexity index is 1080. The van der Waals surface area contributed by atoms with E-state index in [4.69, 9.17) is 14.5 Å². The second kappa shape index (κ2) is 11.0. The Morgan fingerprint density at radius 1 is 1.19 bits per heavy atom. The summed E-state index contributed by atoms with van der Waals surface area (Å²) in [7, 11) is 0. The average Bonchev–Trinajstić information content (AvgIpc) is 3.44. The highest BCUT2D eigenvalue weighted by molar-refractivity contribution is 7.14. The maximum atomic E-state index is 12.2. The van der Waals surface area contributed by atoms with E-state index in [-0.39, 0.29) is 18.0 Å². The SMILES string of the molecule is CCOC(=O)Nc1ccc(-c2csc(NC(=O)CCCc3cc(C(=O)NO)no3)n2)cc1. The molecule has 168 valence electrons. The lowest BCUT2D eigenvalue weighted by Gasteiger charge is -2.05. The Morgan fingerprint density at radius 3 is 2.69 bits per heavy atom. The largest absolute Gasteiger partial charge is 0.450 e. The van der Waals surface area contributed by atoms with Crippen LogP contribution in [-0.2, 0) is 16.0 Å². The molecule has 2 heterocycles. The molecular weight excluding hydrogens is 438 g/mol. The summed E-state index contributed by atoms with van der Waals surface area (Å²) in [5, 5.41) is 19.8. The fourth-order valence-corrected chi connectivity index (χ4v) is 3.41. The van der Waals surface area contributed by atoms with E-state index in [1.807, 2.05) is 17.5 Å². The smallest absolute Gasteiger partial charge is 0.411 e. The van der Waals surface area contributed by atoms with Crippen LogP contribution in [0.3, 0.4) is 0 Å². The molecule has 2 aromatic heterocycles. The normalized spacial score (nSPS) is 10.4. The van der Waals surface area contributed by atoms with Crippen LogP contribution < -0.4 is 16.1 Å². The van der Waals surface area contributed by atoms with Gasteiger partial charge >= 0.3 is 6.09 Å². The Balaban J connectivity index is 1.47. The van der Waals surface area contributed by atoms with Gasteiger partial charge in [0.2, 0.25) is 5.91 Å². The van der Waals surface area contributed by atoms with Gasteiger partial charge in [0.05, 0.1) is 12.3 Å². The number of hydroxylamine groups is 1. The minimum atomic E-state index is -0.762. The van der Waals surface area contributed by atoms with Crippen LogP contribution in [0.5, 0.6) is 0 Å². The summed E-state index contributed by atoms with van der Waals surface area (Å²) in [6.45, 7) is 2.02. The number of amides is 3. The zero-order chi connectivity index (χ0) is 22.9. The lowest BCUT2D eigenvalue weighted by atomic mass is 10.1. The van der Waals surface area contributed by atoms with Crippen molar-refractivity contribution >= 4 is 40.1 Å². The fraction of sp³-hybridized carbons (Fsp3) is 0.250. The predicted octanol–water partition coefficient (Wildman–Crippen LogP) is 3.45. The van der Waals surface area contributed by atoms with E-state index in [0.29, 0.717) is 41.7 Å². The Kier molecular flexibility index (Phi) is 7.89. The molecule has 0 bridgehead atoms. The van der Waals surface area contributed by atoms with E-state index in [9.17, 15) is 14.4 Å². The van der Waals surface area contributed by atoms with Gasteiger partial charge in [-0.1, -0.05) is 17.3 Å². The second-order valence-corrected chi connectivity index (χ2v) is 7.34. The van der Waals surface area contributed by atoms with E-state index in [1.54, 1.807) is 19.1 Å². The van der Waals surface area contributed by atoms with Crippen molar-refractivity contribution in [2.24, 2.45) is 0 Å². The summed E-state index contributed by atoms with van der Waals surface area (Å²) >= 11 is 1.30. The molecule has 0 atom stereocenters. The minimum Gasteiger partial charge on any atom is -0.450 e. The standard InChI is InChI=1S/C20H21N5O6S/c1-2-30-20(28)21-13-8-6-12(7-9-13)16-11-32-19(22-16)23-17(26)5-3-4-14-10-15(25-31-14)18(27)24-29/h6-11,29H,2-5H2,1H3,(H,21,28)(H,24,27)(H,22,23,26). The highest BCUT2D eigenvalue weighted by Gasteiger charge is 2.13. The van der Waals surface area contributed by atoms with Crippen LogP contribution >= 0.6 is 11.3 Å². The quantitative estimate of drug-likeness (QED) is 0.280. The van der Waals surface area contributed by atoms with Crippen molar-refractivity contribution in [1.82, 2.24) is 15.6 Å². The molecule has 3 aromatic rings. The molecule has 0 saturated heterocycles. The third kappa shape index (κ3) is 6.36. The molecule has 0 unspecified atom stereocenters. The van der Waals surface area contributed by atoms with Gasteiger partial charge in [-0.2, -0.15) is 0 Å². The molecule has 0 aliphatic carbocycles. The number of ether oxygens (including phenoxy) is 1. The van der Waals surface area contributed by atoms with E-state index in [0.717, 1.165) is 5.56 Å². The van der Waals surface area contributed by atoms with Gasteiger partial charge in [-0.15, -0.1) is 11.3 Å². The average molecular weight is 459 g/mol. The number of carbonyl (C=O) groups is 3. The van der Waals surface area contributed by atoms with Crippen LogP contribution in [0.15, 0.2) is 40.2 Å². The molecule has 4 N–H and O–H groups in total. The molecule has 0 saturated carbocycles. The molecule has 32 heavy (non-hydrogen) atoms. The Labute approximate surface area is 186 Å². The lowest BCUT2D eigenvalue weighted by Crippen LogP contribution is -2.18. The van der Waals surface area contributed by atoms with Crippen molar-refractivity contribution in [3.63, 3.8) is 0 Å². The number of anilines is 2. The van der Waals surface area contributed by atoms with E-state index >= 15 is 0 Å². The van der Waals surface area contributed by atoms with E-state index < -0.39 is 12.0 Å². The summed E-state index contributed by atoms with van der Waals surface area (Å²) in [5.74, 6) is -0.524. The first-order valence-corrected chi connectivity index (χ1v) is 10.6. The van der Waals surface area contributed by atoms with Gasteiger partial charge in [0, 0.05) is 35.5 Å². The van der Waals surface area contributed by atoms with Crippen LogP contribution in [0.1, 0.15) is 36.0 Å². The number of nitrogens with zero attached hydrogens (tertiary/aromatic N) is 2. The minimum absolute atomic E-state index is 0.0352. The van der Waals surface area contributed by atoms with Crippen molar-refractivity contribution in [3.8, 4) is 11.3 Å². The van der Waals surface area contributed by atoms with Crippen molar-refractivity contribution < 1.29 is 28.9 Å². The van der Waals surface area contributed by atoms with Gasteiger partial charge in [-0.05, 0) is 25.5 Å². The molecule has 12 heteroatoms. The maximum Gasteiger partial charge on any atom is 0.411 e. The molecule has 0 aliphatic rings. The number of hydrogen-bond acceptors (Lipinski definition) is 9. The monoisotopic (exact) mass is 459 g/mol. The Morgan fingerprint density at radius 2 is 1.97 bits per heavy atom. The van der Waals surface area contributed by atoms with Gasteiger partial charge in [0.15, 0.2) is 10.8 Å². The van der Waals surface area contributed by atoms with Crippen molar-refractivity contribution in [3.05, 3.63) is 47.2 Å². The highest BCUT2D eigenvalue weighted by atomic mass is 32.1. The molecule has 0 radical (unpaired) electrons. The van der Waals surface area contributed by atoms with Crippen LogP contribution in [0, 0.1) is 0 Å². The molecule has 1 aromatic carbocycles. The third-order valence-corrected chi connectivity index (χ3v) is 4.93.